The van der Waals surface area contributed by atoms with Crippen LogP contribution in [0.5, 0.6) is 6.01 Å². The van der Waals surface area contributed by atoms with Crippen LogP contribution in [0.1, 0.15) is 46.0 Å². The van der Waals surface area contributed by atoms with Gasteiger partial charge in [-0.05, 0) is 25.7 Å². The van der Waals surface area contributed by atoms with E-state index < -0.39 is 0 Å². The zero-order valence-corrected chi connectivity index (χ0v) is 11.7. The Morgan fingerprint density at radius 1 is 1.21 bits per heavy atom. The molecule has 2 unspecified atom stereocenters. The maximum absolute atomic E-state index is 5.68. The Hall–Kier alpha value is -1.59. The van der Waals surface area contributed by atoms with Crippen LogP contribution in [0.3, 0.4) is 0 Å². The number of hydrogen-bond donors (Lipinski definition) is 2. The van der Waals surface area contributed by atoms with Gasteiger partial charge in [-0.15, -0.1) is 0 Å². The van der Waals surface area contributed by atoms with Crippen molar-refractivity contribution < 1.29 is 4.74 Å². The summed E-state index contributed by atoms with van der Waals surface area (Å²) in [5.41, 5.74) is 5.68. The van der Waals surface area contributed by atoms with Gasteiger partial charge in [-0.1, -0.05) is 26.2 Å². The van der Waals surface area contributed by atoms with Crippen LogP contribution >= 0.6 is 0 Å². The maximum Gasteiger partial charge on any atom is 0.323 e. The number of aromatic nitrogens is 3. The predicted molar refractivity (Wildman–Crippen MR) is 75.1 cm³/mol. The molecule has 0 spiro atoms. The van der Waals surface area contributed by atoms with Crippen molar-refractivity contribution in [3.8, 4) is 6.01 Å². The van der Waals surface area contributed by atoms with Gasteiger partial charge in [0.25, 0.3) is 0 Å². The van der Waals surface area contributed by atoms with Crippen LogP contribution in [0.4, 0.5) is 11.9 Å². The summed E-state index contributed by atoms with van der Waals surface area (Å²) >= 11 is 0. The molecule has 19 heavy (non-hydrogen) atoms. The number of nitrogens with two attached hydrogens (primary N) is 1. The molecule has 1 heterocycles. The summed E-state index contributed by atoms with van der Waals surface area (Å²) in [7, 11) is 0. The number of nitrogens with one attached hydrogen (secondary N) is 1. The third-order valence-corrected chi connectivity index (χ3v) is 3.65. The standard InChI is InChI=1S/C13H23N5O/c1-3-9-7-5-6-8-10(9)15-12-16-11(14)17-13(18-12)19-4-2/h9-10H,3-8H2,1-2H3,(H3,14,15,16,17,18). The van der Waals surface area contributed by atoms with E-state index in [0.29, 0.717) is 30.5 Å². The quantitative estimate of drug-likeness (QED) is 0.849. The zero-order valence-electron chi connectivity index (χ0n) is 11.7. The molecule has 0 aromatic carbocycles. The van der Waals surface area contributed by atoms with E-state index in [1.54, 1.807) is 0 Å². The van der Waals surface area contributed by atoms with E-state index in [2.05, 4.69) is 27.2 Å². The normalized spacial score (nSPS) is 23.1. The first-order valence-electron chi connectivity index (χ1n) is 7.13. The summed E-state index contributed by atoms with van der Waals surface area (Å²) in [6.07, 6.45) is 6.19. The van der Waals surface area contributed by atoms with Crippen molar-refractivity contribution >= 4 is 11.9 Å². The monoisotopic (exact) mass is 265 g/mol. The number of nitrogen functional groups attached to an aromatic ring is 1. The minimum absolute atomic E-state index is 0.199. The lowest BCUT2D eigenvalue weighted by molar-refractivity contribution is 0.307. The number of anilines is 2. The first kappa shape index (κ1) is 13.8. The lowest BCUT2D eigenvalue weighted by Gasteiger charge is -2.31. The molecule has 6 nitrogen and oxygen atoms in total. The van der Waals surface area contributed by atoms with E-state index in [4.69, 9.17) is 10.5 Å². The van der Waals surface area contributed by atoms with Gasteiger partial charge >= 0.3 is 6.01 Å². The first-order valence-corrected chi connectivity index (χ1v) is 7.13. The molecule has 1 aromatic rings. The predicted octanol–water partition coefficient (Wildman–Crippen LogP) is 2.23. The first-order chi connectivity index (χ1) is 9.22. The van der Waals surface area contributed by atoms with Gasteiger partial charge in [-0.2, -0.15) is 15.0 Å². The highest BCUT2D eigenvalue weighted by atomic mass is 16.5. The van der Waals surface area contributed by atoms with E-state index in [1.165, 1.54) is 25.7 Å². The molecular formula is C13H23N5O. The molecule has 6 heteroatoms. The van der Waals surface area contributed by atoms with Crippen molar-refractivity contribution in [2.24, 2.45) is 5.92 Å². The molecule has 3 N–H and O–H groups in total. The topological polar surface area (TPSA) is 86.0 Å². The second kappa shape index (κ2) is 6.54. The summed E-state index contributed by atoms with van der Waals surface area (Å²) in [6, 6.07) is 0.719. The van der Waals surface area contributed by atoms with Gasteiger partial charge in [0.1, 0.15) is 0 Å². The van der Waals surface area contributed by atoms with Gasteiger partial charge in [0.05, 0.1) is 6.61 Å². The zero-order chi connectivity index (χ0) is 13.7. The minimum Gasteiger partial charge on any atom is -0.464 e. The summed E-state index contributed by atoms with van der Waals surface area (Å²) in [5, 5.41) is 3.40. The van der Waals surface area contributed by atoms with Crippen molar-refractivity contribution in [1.82, 2.24) is 15.0 Å². The molecule has 1 aliphatic carbocycles. The number of hydrogen-bond acceptors (Lipinski definition) is 6. The van der Waals surface area contributed by atoms with Crippen LogP contribution in [-0.4, -0.2) is 27.6 Å². The van der Waals surface area contributed by atoms with E-state index in [9.17, 15) is 0 Å². The van der Waals surface area contributed by atoms with Crippen molar-refractivity contribution in [2.45, 2.75) is 52.0 Å². The lowest BCUT2D eigenvalue weighted by Crippen LogP contribution is -2.32. The average Bonchev–Trinajstić information content (AvgIpc) is 2.39. The molecule has 2 rings (SSSR count). The highest BCUT2D eigenvalue weighted by Crippen LogP contribution is 2.28. The second-order valence-electron chi connectivity index (χ2n) is 4.94. The third kappa shape index (κ3) is 3.68. The van der Waals surface area contributed by atoms with Crippen molar-refractivity contribution in [1.29, 1.82) is 0 Å². The molecule has 1 aromatic heterocycles. The molecule has 0 bridgehead atoms. The third-order valence-electron chi connectivity index (χ3n) is 3.65. The largest absolute Gasteiger partial charge is 0.464 e. The molecule has 2 atom stereocenters. The molecule has 1 saturated carbocycles. The van der Waals surface area contributed by atoms with Crippen LogP contribution in [-0.2, 0) is 0 Å². The summed E-state index contributed by atoms with van der Waals surface area (Å²) < 4.78 is 5.29. The van der Waals surface area contributed by atoms with Gasteiger partial charge in [-0.25, -0.2) is 0 Å². The van der Waals surface area contributed by atoms with Crippen LogP contribution < -0.4 is 15.8 Å². The van der Waals surface area contributed by atoms with Gasteiger partial charge < -0.3 is 15.8 Å². The molecule has 0 amide bonds. The van der Waals surface area contributed by atoms with E-state index >= 15 is 0 Å². The highest BCUT2D eigenvalue weighted by molar-refractivity contribution is 5.33. The fourth-order valence-electron chi connectivity index (χ4n) is 2.68. The Labute approximate surface area is 114 Å². The summed E-state index contributed by atoms with van der Waals surface area (Å²) in [6.45, 7) is 4.64. The Morgan fingerprint density at radius 2 is 2.00 bits per heavy atom. The Kier molecular flexibility index (Phi) is 4.76. The molecule has 0 saturated heterocycles. The molecule has 1 aliphatic rings. The van der Waals surface area contributed by atoms with Gasteiger partial charge in [-0.3, -0.25) is 0 Å². The molecular weight excluding hydrogens is 242 g/mol. The smallest absolute Gasteiger partial charge is 0.323 e. The van der Waals surface area contributed by atoms with Gasteiger partial charge in [0, 0.05) is 6.04 Å². The number of ether oxygens (including phenoxy) is 1. The van der Waals surface area contributed by atoms with Crippen LogP contribution in [0, 0.1) is 5.92 Å². The van der Waals surface area contributed by atoms with Gasteiger partial charge in [0.2, 0.25) is 11.9 Å². The summed E-state index contributed by atoms with van der Waals surface area (Å²) in [5.74, 6) is 1.41. The lowest BCUT2D eigenvalue weighted by atomic mass is 9.83. The van der Waals surface area contributed by atoms with Gasteiger partial charge in [0.15, 0.2) is 0 Å². The molecule has 0 radical (unpaired) electrons. The molecule has 106 valence electrons. The Bertz CT molecular complexity index is 412. The van der Waals surface area contributed by atoms with Crippen molar-refractivity contribution in [3.05, 3.63) is 0 Å². The molecule has 1 fully saturated rings. The van der Waals surface area contributed by atoms with E-state index in [-0.39, 0.29) is 5.95 Å². The minimum atomic E-state index is 0.199. The second-order valence-corrected chi connectivity index (χ2v) is 4.94. The van der Waals surface area contributed by atoms with Crippen LogP contribution in [0.25, 0.3) is 0 Å². The maximum atomic E-state index is 5.68. The highest BCUT2D eigenvalue weighted by Gasteiger charge is 2.24. The average molecular weight is 265 g/mol. The Balaban J connectivity index is 2.08. The van der Waals surface area contributed by atoms with E-state index in [1.807, 2.05) is 6.92 Å². The SMILES string of the molecule is CCOc1nc(N)nc(NC2CCCCC2CC)n1. The number of nitrogens with zero attached hydrogens (tertiary/aromatic N) is 3. The van der Waals surface area contributed by atoms with E-state index in [0.717, 1.165) is 6.42 Å². The fraction of sp³-hybridized carbons (Fsp3) is 0.769. The number of rotatable bonds is 5. The van der Waals surface area contributed by atoms with Crippen LogP contribution in [0.2, 0.25) is 0 Å². The fourth-order valence-corrected chi connectivity index (χ4v) is 2.68. The summed E-state index contributed by atoms with van der Waals surface area (Å²) in [4.78, 5) is 12.3. The van der Waals surface area contributed by atoms with Crippen molar-refractivity contribution in [3.63, 3.8) is 0 Å². The molecule has 0 aliphatic heterocycles. The Morgan fingerprint density at radius 3 is 2.74 bits per heavy atom. The van der Waals surface area contributed by atoms with Crippen molar-refractivity contribution in [2.75, 3.05) is 17.7 Å². The van der Waals surface area contributed by atoms with Crippen LogP contribution in [0.15, 0.2) is 0 Å².